The van der Waals surface area contributed by atoms with E-state index in [0.29, 0.717) is 5.69 Å². The minimum absolute atomic E-state index is 0.0941. The molecule has 1 heterocycles. The Morgan fingerprint density at radius 1 is 1.42 bits per heavy atom. The van der Waals surface area contributed by atoms with E-state index in [4.69, 9.17) is 16.7 Å². The van der Waals surface area contributed by atoms with Gasteiger partial charge >= 0.3 is 5.97 Å². The van der Waals surface area contributed by atoms with Crippen LogP contribution in [0.3, 0.4) is 0 Å². The number of benzene rings is 1. The number of aromatic amines is 1. The number of halogens is 1. The normalized spacial score (nSPS) is 10.2. The number of carbonyl (C=O) groups is 2. The second-order valence-corrected chi connectivity index (χ2v) is 4.29. The van der Waals surface area contributed by atoms with Gasteiger partial charge in [0.15, 0.2) is 0 Å². The standard InChI is InChI=1S/C12H10ClN3O3/c1-6-2-3-7(12(18)19)4-9(6)15-11(17)10-8(13)5-14-16-10/h2-5H,1H3,(H,14,16)(H,15,17)(H,18,19). The van der Waals surface area contributed by atoms with E-state index in [2.05, 4.69) is 15.5 Å². The van der Waals surface area contributed by atoms with Gasteiger partial charge in [-0.3, -0.25) is 9.89 Å². The Morgan fingerprint density at radius 2 is 2.16 bits per heavy atom. The molecule has 0 atom stereocenters. The van der Waals surface area contributed by atoms with Crippen molar-refractivity contribution in [2.45, 2.75) is 6.92 Å². The maximum atomic E-state index is 11.9. The molecule has 6 nitrogen and oxygen atoms in total. The summed E-state index contributed by atoms with van der Waals surface area (Å²) in [6.45, 7) is 1.76. The molecule has 1 amide bonds. The van der Waals surface area contributed by atoms with E-state index in [-0.39, 0.29) is 16.3 Å². The maximum Gasteiger partial charge on any atom is 0.335 e. The van der Waals surface area contributed by atoms with Crippen LogP contribution in [0.15, 0.2) is 24.4 Å². The molecule has 2 aromatic rings. The Balaban J connectivity index is 2.28. The average molecular weight is 280 g/mol. The third-order valence-corrected chi connectivity index (χ3v) is 2.84. The molecule has 0 spiro atoms. The highest BCUT2D eigenvalue weighted by Gasteiger charge is 2.14. The van der Waals surface area contributed by atoms with Crippen LogP contribution in [0.2, 0.25) is 5.02 Å². The maximum absolute atomic E-state index is 11.9. The molecule has 0 radical (unpaired) electrons. The summed E-state index contributed by atoms with van der Waals surface area (Å²) < 4.78 is 0. The lowest BCUT2D eigenvalue weighted by molar-refractivity contribution is 0.0696. The fraction of sp³-hybridized carbons (Fsp3) is 0.0833. The number of rotatable bonds is 3. The molecule has 0 unspecified atom stereocenters. The second kappa shape index (κ2) is 5.11. The number of hydrogen-bond acceptors (Lipinski definition) is 3. The summed E-state index contributed by atoms with van der Waals surface area (Å²) in [6.07, 6.45) is 1.32. The van der Waals surface area contributed by atoms with Crippen molar-refractivity contribution in [2.24, 2.45) is 0 Å². The average Bonchev–Trinajstić information content (AvgIpc) is 2.78. The van der Waals surface area contributed by atoms with Crippen molar-refractivity contribution in [3.05, 3.63) is 46.2 Å². The van der Waals surface area contributed by atoms with Gasteiger partial charge in [-0.05, 0) is 24.6 Å². The SMILES string of the molecule is Cc1ccc(C(=O)O)cc1NC(=O)c1[nH]ncc1Cl. The van der Waals surface area contributed by atoms with Crippen LogP contribution in [0.4, 0.5) is 5.69 Å². The molecule has 2 rings (SSSR count). The number of carbonyl (C=O) groups excluding carboxylic acids is 1. The zero-order chi connectivity index (χ0) is 14.0. The van der Waals surface area contributed by atoms with Crippen molar-refractivity contribution in [1.29, 1.82) is 0 Å². The van der Waals surface area contributed by atoms with Crippen molar-refractivity contribution in [3.63, 3.8) is 0 Å². The smallest absolute Gasteiger partial charge is 0.335 e. The number of hydrogen-bond donors (Lipinski definition) is 3. The first-order valence-corrected chi connectivity index (χ1v) is 5.71. The van der Waals surface area contributed by atoms with Gasteiger partial charge in [0.2, 0.25) is 0 Å². The largest absolute Gasteiger partial charge is 0.478 e. The third kappa shape index (κ3) is 2.74. The fourth-order valence-electron chi connectivity index (χ4n) is 1.51. The first-order chi connectivity index (χ1) is 8.99. The molecule has 0 fully saturated rings. The first-order valence-electron chi connectivity index (χ1n) is 5.33. The van der Waals surface area contributed by atoms with Gasteiger partial charge in [-0.15, -0.1) is 0 Å². The monoisotopic (exact) mass is 279 g/mol. The van der Waals surface area contributed by atoms with Crippen molar-refractivity contribution in [2.75, 3.05) is 5.32 Å². The van der Waals surface area contributed by atoms with Crippen molar-refractivity contribution in [3.8, 4) is 0 Å². The van der Waals surface area contributed by atoms with Crippen molar-refractivity contribution in [1.82, 2.24) is 10.2 Å². The zero-order valence-corrected chi connectivity index (χ0v) is 10.7. The van der Waals surface area contributed by atoms with Gasteiger partial charge in [0, 0.05) is 5.69 Å². The van der Waals surface area contributed by atoms with E-state index in [1.165, 1.54) is 18.3 Å². The summed E-state index contributed by atoms with van der Waals surface area (Å²) in [7, 11) is 0. The van der Waals surface area contributed by atoms with E-state index in [1.807, 2.05) is 0 Å². The van der Waals surface area contributed by atoms with Gasteiger partial charge in [0.05, 0.1) is 16.8 Å². The molecular formula is C12H10ClN3O3. The van der Waals surface area contributed by atoms with Crippen molar-refractivity contribution >= 4 is 29.2 Å². The van der Waals surface area contributed by atoms with Gasteiger partial charge < -0.3 is 10.4 Å². The minimum atomic E-state index is -1.06. The summed E-state index contributed by atoms with van der Waals surface area (Å²) in [6, 6.07) is 4.48. The van der Waals surface area contributed by atoms with E-state index in [9.17, 15) is 9.59 Å². The van der Waals surface area contributed by atoms with E-state index < -0.39 is 11.9 Å². The third-order valence-electron chi connectivity index (χ3n) is 2.55. The Morgan fingerprint density at radius 3 is 2.74 bits per heavy atom. The van der Waals surface area contributed by atoms with Crippen LogP contribution >= 0.6 is 11.6 Å². The number of carboxylic acid groups (broad SMARTS) is 1. The fourth-order valence-corrected chi connectivity index (χ4v) is 1.68. The Labute approximate surface area is 113 Å². The zero-order valence-electron chi connectivity index (χ0n) is 9.90. The lowest BCUT2D eigenvalue weighted by Gasteiger charge is -2.08. The molecule has 19 heavy (non-hydrogen) atoms. The molecule has 1 aromatic carbocycles. The van der Waals surface area contributed by atoms with Crippen molar-refractivity contribution < 1.29 is 14.7 Å². The van der Waals surface area contributed by atoms with Crippen LogP contribution in [0, 0.1) is 6.92 Å². The highest BCUT2D eigenvalue weighted by atomic mass is 35.5. The number of aromatic carboxylic acids is 1. The molecule has 7 heteroatoms. The summed E-state index contributed by atoms with van der Waals surface area (Å²) in [5, 5.41) is 17.8. The lowest BCUT2D eigenvalue weighted by Crippen LogP contribution is -2.14. The van der Waals surface area contributed by atoms with Crippen LogP contribution in [0.25, 0.3) is 0 Å². The summed E-state index contributed by atoms with van der Waals surface area (Å²) in [5.74, 6) is -1.54. The first kappa shape index (κ1) is 13.1. The molecule has 0 aliphatic rings. The molecule has 0 aliphatic heterocycles. The van der Waals surface area contributed by atoms with Crippen LogP contribution in [-0.2, 0) is 0 Å². The Kier molecular flexibility index (Phi) is 3.52. The van der Waals surface area contributed by atoms with Crippen LogP contribution in [0.1, 0.15) is 26.4 Å². The summed E-state index contributed by atoms with van der Waals surface area (Å²) >= 11 is 5.77. The quantitative estimate of drug-likeness (QED) is 0.803. The van der Waals surface area contributed by atoms with E-state index in [1.54, 1.807) is 13.0 Å². The number of H-pyrrole nitrogens is 1. The molecule has 1 aromatic heterocycles. The molecule has 0 saturated carbocycles. The van der Waals surface area contributed by atoms with E-state index in [0.717, 1.165) is 5.56 Å². The highest BCUT2D eigenvalue weighted by Crippen LogP contribution is 2.19. The lowest BCUT2D eigenvalue weighted by atomic mass is 10.1. The molecule has 98 valence electrons. The van der Waals surface area contributed by atoms with Crippen LogP contribution in [-0.4, -0.2) is 27.2 Å². The van der Waals surface area contributed by atoms with Gasteiger partial charge in [0.1, 0.15) is 5.69 Å². The topological polar surface area (TPSA) is 95.1 Å². The van der Waals surface area contributed by atoms with Crippen LogP contribution in [0.5, 0.6) is 0 Å². The number of aryl methyl sites for hydroxylation is 1. The van der Waals surface area contributed by atoms with E-state index >= 15 is 0 Å². The summed E-state index contributed by atoms with van der Waals surface area (Å²) in [5.41, 5.74) is 1.38. The molecule has 0 bridgehead atoms. The highest BCUT2D eigenvalue weighted by molar-refractivity contribution is 6.34. The predicted molar refractivity (Wildman–Crippen MR) is 69.7 cm³/mol. The van der Waals surface area contributed by atoms with Gasteiger partial charge in [-0.25, -0.2) is 4.79 Å². The number of nitrogens with one attached hydrogen (secondary N) is 2. The van der Waals surface area contributed by atoms with Gasteiger partial charge in [-0.2, -0.15) is 5.10 Å². The molecule has 0 aliphatic carbocycles. The summed E-state index contributed by atoms with van der Waals surface area (Å²) in [4.78, 5) is 22.8. The van der Waals surface area contributed by atoms with Gasteiger partial charge in [0.25, 0.3) is 5.91 Å². The number of nitrogens with zero attached hydrogens (tertiary/aromatic N) is 1. The minimum Gasteiger partial charge on any atom is -0.478 e. The number of amides is 1. The Hall–Kier alpha value is -2.34. The predicted octanol–water partition coefficient (Wildman–Crippen LogP) is 2.32. The molecule has 3 N–H and O–H groups in total. The van der Waals surface area contributed by atoms with Gasteiger partial charge in [-0.1, -0.05) is 17.7 Å². The van der Waals surface area contributed by atoms with Crippen LogP contribution < -0.4 is 5.32 Å². The molecular weight excluding hydrogens is 270 g/mol. The number of carboxylic acids is 1. The number of aromatic nitrogens is 2. The molecule has 0 saturated heterocycles. The Bertz CT molecular complexity index is 651. The second-order valence-electron chi connectivity index (χ2n) is 3.88. The number of anilines is 1.